The zero-order chi connectivity index (χ0) is 42.7. The monoisotopic (exact) mass is 827 g/mol. The standard InChI is InChI=1S/C40H44F3N5O9S/c1-7-55-32-19-25(8-12-31(32)56-21(2)3)34(47-26-9-11-28-24(18-26)14-16-45-36(28)44)37(50)48-17-15-29(38(51)57-39(52)40(41,42)43)35(48)30-20-27(46-23(6)49)10-13-33(30)58(53,54)22(4)5/h8-14,16,18-22,29,34-35,47H,7,15,17H2,1-6H3,(H2,44,45)(H,46,49). The van der Waals surface area contributed by atoms with Crippen LogP contribution in [0.2, 0.25) is 0 Å². The number of nitrogens with one attached hydrogen (secondary N) is 2. The summed E-state index contributed by atoms with van der Waals surface area (Å²) in [5.41, 5.74) is 6.72. The first-order chi connectivity index (χ1) is 27.2. The van der Waals surface area contributed by atoms with Gasteiger partial charge >= 0.3 is 18.1 Å². The second kappa shape index (κ2) is 17.3. The van der Waals surface area contributed by atoms with Gasteiger partial charge in [-0.3, -0.25) is 14.4 Å². The summed E-state index contributed by atoms with van der Waals surface area (Å²) in [6.07, 6.45) is -4.58. The van der Waals surface area contributed by atoms with Crippen LogP contribution < -0.4 is 25.8 Å². The van der Waals surface area contributed by atoms with Crippen molar-refractivity contribution in [2.45, 2.75) is 82.5 Å². The highest BCUT2D eigenvalue weighted by Crippen LogP contribution is 2.45. The minimum atomic E-state index is -5.53. The Morgan fingerprint density at radius 1 is 0.966 bits per heavy atom. The van der Waals surface area contributed by atoms with E-state index in [1.165, 1.54) is 45.2 Å². The van der Waals surface area contributed by atoms with Gasteiger partial charge in [-0.25, -0.2) is 18.2 Å². The van der Waals surface area contributed by atoms with E-state index in [-0.39, 0.29) is 47.6 Å². The van der Waals surface area contributed by atoms with Crippen LogP contribution in [0, 0.1) is 5.92 Å². The molecular weight excluding hydrogens is 784 g/mol. The molecule has 58 heavy (non-hydrogen) atoms. The predicted molar refractivity (Wildman–Crippen MR) is 209 cm³/mol. The number of nitrogen functional groups attached to an aromatic ring is 1. The maximum Gasteiger partial charge on any atom is 0.491 e. The molecular formula is C40H44F3N5O9S. The topological polar surface area (TPSA) is 196 Å². The predicted octanol–water partition coefficient (Wildman–Crippen LogP) is 6.52. The number of amides is 2. The van der Waals surface area contributed by atoms with Crippen LogP contribution in [0.3, 0.4) is 0 Å². The number of carbonyl (C=O) groups is 4. The number of hydrogen-bond acceptors (Lipinski definition) is 12. The van der Waals surface area contributed by atoms with Crippen LogP contribution >= 0.6 is 0 Å². The van der Waals surface area contributed by atoms with Gasteiger partial charge in [-0.05, 0) is 112 Å². The summed E-state index contributed by atoms with van der Waals surface area (Å²) < 4.78 is 84.0. The number of halogens is 3. The molecule has 1 aliphatic heterocycles. The van der Waals surface area contributed by atoms with E-state index in [4.69, 9.17) is 15.2 Å². The van der Waals surface area contributed by atoms with Gasteiger partial charge < -0.3 is 35.5 Å². The lowest BCUT2D eigenvalue weighted by Crippen LogP contribution is -2.40. The lowest BCUT2D eigenvalue weighted by atomic mass is 9.92. The number of sulfone groups is 1. The third-order valence-corrected chi connectivity index (χ3v) is 11.5. The summed E-state index contributed by atoms with van der Waals surface area (Å²) in [5.74, 6) is -6.39. The van der Waals surface area contributed by atoms with Gasteiger partial charge in [0, 0.05) is 36.4 Å². The molecule has 14 nitrogen and oxygen atoms in total. The minimum Gasteiger partial charge on any atom is -0.490 e. The fourth-order valence-electron chi connectivity index (χ4n) is 6.70. The van der Waals surface area contributed by atoms with E-state index in [0.29, 0.717) is 33.5 Å². The molecule has 4 N–H and O–H groups in total. The van der Waals surface area contributed by atoms with E-state index in [9.17, 15) is 36.0 Å². The van der Waals surface area contributed by atoms with Crippen molar-refractivity contribution >= 4 is 61.6 Å². The van der Waals surface area contributed by atoms with Gasteiger partial charge in [0.1, 0.15) is 11.9 Å². The number of rotatable bonds is 13. The Bertz CT molecular complexity index is 2340. The number of nitrogens with zero attached hydrogens (tertiary/aromatic N) is 2. The van der Waals surface area contributed by atoms with Crippen LogP contribution in [0.5, 0.6) is 11.5 Å². The quantitative estimate of drug-likeness (QED) is 0.0977. The fourth-order valence-corrected chi connectivity index (χ4v) is 7.98. The first-order valence-electron chi connectivity index (χ1n) is 18.4. The van der Waals surface area contributed by atoms with Crippen LogP contribution in [-0.4, -0.2) is 72.7 Å². The Balaban J connectivity index is 1.72. The number of likely N-dealkylation sites (tertiary alicyclic amines) is 1. The first kappa shape index (κ1) is 43.2. The van der Waals surface area contributed by atoms with Crippen LogP contribution in [0.1, 0.15) is 71.2 Å². The van der Waals surface area contributed by atoms with Crippen molar-refractivity contribution < 1.29 is 55.0 Å². The van der Waals surface area contributed by atoms with E-state index < -0.39 is 63.0 Å². The number of carbonyl (C=O) groups excluding carboxylic acids is 4. The molecule has 3 aromatic carbocycles. The van der Waals surface area contributed by atoms with Crippen LogP contribution in [-0.2, 0) is 33.8 Å². The summed E-state index contributed by atoms with van der Waals surface area (Å²) in [4.78, 5) is 57.8. The molecule has 0 bridgehead atoms. The van der Waals surface area contributed by atoms with Gasteiger partial charge in [0.15, 0.2) is 21.3 Å². The van der Waals surface area contributed by atoms with E-state index in [0.717, 1.165) is 4.90 Å². The number of aromatic nitrogens is 1. The second-order valence-corrected chi connectivity index (χ2v) is 16.6. The molecule has 3 atom stereocenters. The van der Waals surface area contributed by atoms with Crippen molar-refractivity contribution in [3.05, 3.63) is 78.0 Å². The molecule has 0 aliphatic carbocycles. The fraction of sp³-hybridized carbons (Fsp3) is 0.375. The van der Waals surface area contributed by atoms with Gasteiger partial charge in [0.25, 0.3) is 0 Å². The Morgan fingerprint density at radius 3 is 2.31 bits per heavy atom. The molecule has 1 fully saturated rings. The largest absolute Gasteiger partial charge is 0.491 e. The Morgan fingerprint density at radius 2 is 1.67 bits per heavy atom. The summed E-state index contributed by atoms with van der Waals surface area (Å²) in [7, 11) is -4.22. The third kappa shape index (κ3) is 9.44. The second-order valence-electron chi connectivity index (χ2n) is 14.1. The number of esters is 2. The van der Waals surface area contributed by atoms with E-state index >= 15 is 4.79 Å². The van der Waals surface area contributed by atoms with Gasteiger partial charge in [-0.1, -0.05) is 6.07 Å². The molecule has 0 spiro atoms. The minimum absolute atomic E-state index is 0.0738. The molecule has 5 rings (SSSR count). The van der Waals surface area contributed by atoms with Crippen LogP contribution in [0.4, 0.5) is 30.4 Å². The molecule has 4 aromatic rings. The first-order valence-corrected chi connectivity index (χ1v) is 19.9. The van der Waals surface area contributed by atoms with Gasteiger partial charge in [-0.15, -0.1) is 0 Å². The average molecular weight is 828 g/mol. The van der Waals surface area contributed by atoms with Crippen LogP contribution in [0.25, 0.3) is 10.8 Å². The molecule has 1 aromatic heterocycles. The van der Waals surface area contributed by atoms with Crippen molar-refractivity contribution in [3.8, 4) is 11.5 Å². The SMILES string of the molecule is CCOc1cc(C(Nc2ccc3c(N)nccc3c2)C(=O)N2CCC(C(=O)OC(=O)C(F)(F)F)C2c2cc(NC(C)=O)ccc2S(=O)(=O)C(C)C)ccc1OC(C)C. The van der Waals surface area contributed by atoms with E-state index in [1.807, 2.05) is 13.8 Å². The van der Waals surface area contributed by atoms with Crippen molar-refractivity contribution in [3.63, 3.8) is 0 Å². The highest BCUT2D eigenvalue weighted by molar-refractivity contribution is 7.92. The van der Waals surface area contributed by atoms with Gasteiger partial charge in [-0.2, -0.15) is 13.2 Å². The van der Waals surface area contributed by atoms with E-state index in [2.05, 4.69) is 20.4 Å². The van der Waals surface area contributed by atoms with Crippen molar-refractivity contribution in [1.82, 2.24) is 9.88 Å². The number of nitrogens with two attached hydrogens (primary N) is 1. The molecule has 2 amide bonds. The summed E-state index contributed by atoms with van der Waals surface area (Å²) in [6, 6.07) is 12.4. The number of benzene rings is 3. The third-order valence-electron chi connectivity index (χ3n) is 9.30. The van der Waals surface area contributed by atoms with Crippen molar-refractivity contribution in [2.75, 3.05) is 29.5 Å². The molecule has 310 valence electrons. The van der Waals surface area contributed by atoms with Crippen molar-refractivity contribution in [2.24, 2.45) is 5.92 Å². The Hall–Kier alpha value is -5.91. The number of anilines is 3. The molecule has 3 unspecified atom stereocenters. The zero-order valence-electron chi connectivity index (χ0n) is 32.5. The summed E-state index contributed by atoms with van der Waals surface area (Å²) >= 11 is 0. The zero-order valence-corrected chi connectivity index (χ0v) is 33.4. The van der Waals surface area contributed by atoms with Crippen LogP contribution in [0.15, 0.2) is 71.8 Å². The number of hydrogen-bond donors (Lipinski definition) is 3. The summed E-state index contributed by atoms with van der Waals surface area (Å²) in [6.45, 7) is 9.36. The molecule has 1 saturated heterocycles. The van der Waals surface area contributed by atoms with Gasteiger partial charge in [0.2, 0.25) is 11.8 Å². The Kier molecular flexibility index (Phi) is 12.9. The lowest BCUT2D eigenvalue weighted by molar-refractivity contribution is -0.203. The Labute approximate surface area is 333 Å². The number of fused-ring (bicyclic) bond motifs is 1. The van der Waals surface area contributed by atoms with Crippen molar-refractivity contribution in [1.29, 1.82) is 0 Å². The van der Waals surface area contributed by atoms with Gasteiger partial charge in [0.05, 0.1) is 34.8 Å². The molecule has 0 saturated carbocycles. The molecule has 18 heteroatoms. The highest BCUT2D eigenvalue weighted by atomic mass is 32.2. The highest BCUT2D eigenvalue weighted by Gasteiger charge is 2.50. The normalized spacial score (nSPS) is 16.3. The maximum atomic E-state index is 15.2. The smallest absolute Gasteiger partial charge is 0.490 e. The lowest BCUT2D eigenvalue weighted by Gasteiger charge is -2.33. The molecule has 1 aliphatic rings. The number of alkyl halides is 3. The van der Waals surface area contributed by atoms with E-state index in [1.54, 1.807) is 49.4 Å². The average Bonchev–Trinajstić information content (AvgIpc) is 3.59. The maximum absolute atomic E-state index is 15.2. The molecule has 0 radical (unpaired) electrons. The summed E-state index contributed by atoms with van der Waals surface area (Å²) in [5, 5.41) is 6.06. The number of pyridine rings is 1. The molecule has 2 heterocycles. The number of ether oxygens (including phenoxy) is 3.